The number of aryl methyl sites for hydroxylation is 2. The molecule has 1 heterocycles. The van der Waals surface area contributed by atoms with E-state index in [0.29, 0.717) is 12.5 Å². The van der Waals surface area contributed by atoms with Crippen LogP contribution in [-0.4, -0.2) is 24.5 Å². The molecule has 25 heavy (non-hydrogen) atoms. The summed E-state index contributed by atoms with van der Waals surface area (Å²) in [6.07, 6.45) is 3.97. The van der Waals surface area contributed by atoms with Gasteiger partial charge in [-0.2, -0.15) is 0 Å². The van der Waals surface area contributed by atoms with Crippen molar-refractivity contribution in [3.63, 3.8) is 0 Å². The molecule has 0 aliphatic rings. The third-order valence-corrected chi connectivity index (χ3v) is 4.35. The second kappa shape index (κ2) is 9.82. The van der Waals surface area contributed by atoms with Crippen molar-refractivity contribution in [3.05, 3.63) is 65.0 Å². The van der Waals surface area contributed by atoms with Gasteiger partial charge in [-0.15, -0.1) is 0 Å². The first kappa shape index (κ1) is 19.0. The predicted octanol–water partition coefficient (Wildman–Crippen LogP) is 3.81. The summed E-state index contributed by atoms with van der Waals surface area (Å²) in [6, 6.07) is 13.0. The van der Waals surface area contributed by atoms with E-state index >= 15 is 0 Å². The fourth-order valence-corrected chi connectivity index (χ4v) is 2.66. The molecule has 134 valence electrons. The van der Waals surface area contributed by atoms with Gasteiger partial charge in [-0.05, 0) is 48.4 Å². The zero-order chi connectivity index (χ0) is 18.1. The average Bonchev–Trinajstić information content (AvgIpc) is 2.62. The fraction of sp³-hybridized carbons (Fsp3) is 0.429. The lowest BCUT2D eigenvalue weighted by atomic mass is 10.0. The first-order valence-corrected chi connectivity index (χ1v) is 9.04. The summed E-state index contributed by atoms with van der Waals surface area (Å²) < 4.78 is 0. The first-order chi connectivity index (χ1) is 12.1. The van der Waals surface area contributed by atoms with Crippen molar-refractivity contribution in [3.8, 4) is 0 Å². The van der Waals surface area contributed by atoms with Gasteiger partial charge in [-0.25, -0.2) is 0 Å². The van der Waals surface area contributed by atoms with E-state index in [1.165, 1.54) is 16.7 Å². The summed E-state index contributed by atoms with van der Waals surface area (Å²) in [7, 11) is 1.80. The molecule has 4 heteroatoms. The highest BCUT2D eigenvalue weighted by molar-refractivity contribution is 5.79. The lowest BCUT2D eigenvalue weighted by Crippen LogP contribution is -2.37. The number of rotatable bonds is 7. The van der Waals surface area contributed by atoms with Crippen molar-refractivity contribution < 1.29 is 0 Å². The van der Waals surface area contributed by atoms with Crippen LogP contribution in [0.5, 0.6) is 0 Å². The van der Waals surface area contributed by atoms with E-state index in [-0.39, 0.29) is 0 Å². The van der Waals surface area contributed by atoms with Crippen LogP contribution >= 0.6 is 0 Å². The van der Waals surface area contributed by atoms with Crippen LogP contribution in [0.15, 0.2) is 47.6 Å². The van der Waals surface area contributed by atoms with Crippen molar-refractivity contribution in [2.24, 2.45) is 4.99 Å². The average molecular weight is 338 g/mol. The molecule has 0 aliphatic carbocycles. The van der Waals surface area contributed by atoms with Gasteiger partial charge in [0.05, 0.1) is 12.2 Å². The van der Waals surface area contributed by atoms with E-state index < -0.39 is 0 Å². The van der Waals surface area contributed by atoms with Crippen LogP contribution in [-0.2, 0) is 13.0 Å². The summed E-state index contributed by atoms with van der Waals surface area (Å²) in [5.74, 6) is 1.41. The van der Waals surface area contributed by atoms with Crippen LogP contribution in [0, 0.1) is 6.92 Å². The smallest absolute Gasteiger partial charge is 0.191 e. The Kier molecular flexibility index (Phi) is 7.45. The van der Waals surface area contributed by atoms with Crippen LogP contribution in [0.3, 0.4) is 0 Å². The number of pyridine rings is 1. The van der Waals surface area contributed by atoms with Gasteiger partial charge >= 0.3 is 0 Å². The molecule has 2 rings (SSSR count). The lowest BCUT2D eigenvalue weighted by molar-refractivity contribution is 0.736. The van der Waals surface area contributed by atoms with Gasteiger partial charge in [0.25, 0.3) is 0 Å². The van der Waals surface area contributed by atoms with Gasteiger partial charge in [0.15, 0.2) is 5.96 Å². The molecule has 2 aromatic rings. The Morgan fingerprint density at radius 1 is 1.12 bits per heavy atom. The maximum Gasteiger partial charge on any atom is 0.191 e. The van der Waals surface area contributed by atoms with Gasteiger partial charge < -0.3 is 10.6 Å². The molecule has 4 nitrogen and oxygen atoms in total. The topological polar surface area (TPSA) is 49.3 Å². The third-order valence-electron chi connectivity index (χ3n) is 4.35. The van der Waals surface area contributed by atoms with Crippen molar-refractivity contribution in [2.45, 2.75) is 46.1 Å². The molecule has 1 aromatic carbocycles. The van der Waals surface area contributed by atoms with Crippen molar-refractivity contribution >= 4 is 5.96 Å². The summed E-state index contributed by atoms with van der Waals surface area (Å²) >= 11 is 0. The number of aromatic nitrogens is 1. The number of hydrogen-bond donors (Lipinski definition) is 2. The zero-order valence-corrected chi connectivity index (χ0v) is 15.8. The van der Waals surface area contributed by atoms with Gasteiger partial charge in [-0.1, -0.05) is 44.2 Å². The van der Waals surface area contributed by atoms with E-state index in [2.05, 4.69) is 71.7 Å². The van der Waals surface area contributed by atoms with Crippen LogP contribution in [0.2, 0.25) is 0 Å². The normalized spacial score (nSPS) is 11.6. The standard InChI is InChI=1S/C21H30N4/c1-16(2)19-11-9-18(10-12-19)8-6-14-24-21(22-4)25-15-20-17(3)7-5-13-23-20/h5,7,9-13,16H,6,8,14-15H2,1-4H3,(H2,22,24,25). The molecule has 0 atom stereocenters. The van der Waals surface area contributed by atoms with Gasteiger partial charge in [0.1, 0.15) is 0 Å². The molecular formula is C21H30N4. The summed E-state index contributed by atoms with van der Waals surface area (Å²) in [5.41, 5.74) is 5.03. The molecule has 0 saturated carbocycles. The summed E-state index contributed by atoms with van der Waals surface area (Å²) in [6.45, 7) is 8.11. The Labute approximate surface area is 151 Å². The first-order valence-electron chi connectivity index (χ1n) is 9.04. The molecular weight excluding hydrogens is 308 g/mol. The van der Waals surface area contributed by atoms with Gasteiger partial charge in [-0.3, -0.25) is 9.98 Å². The van der Waals surface area contributed by atoms with E-state index in [1.807, 2.05) is 12.3 Å². The van der Waals surface area contributed by atoms with E-state index in [1.54, 1.807) is 7.05 Å². The Bertz CT molecular complexity index is 675. The van der Waals surface area contributed by atoms with Gasteiger partial charge in [0.2, 0.25) is 0 Å². The number of hydrogen-bond acceptors (Lipinski definition) is 2. The third kappa shape index (κ3) is 6.22. The van der Waals surface area contributed by atoms with Crippen LogP contribution in [0.1, 0.15) is 48.6 Å². The SMILES string of the molecule is CN=C(NCCCc1ccc(C(C)C)cc1)NCc1ncccc1C. The molecule has 0 amide bonds. The largest absolute Gasteiger partial charge is 0.356 e. The molecule has 0 fully saturated rings. The highest BCUT2D eigenvalue weighted by Gasteiger charge is 2.02. The Morgan fingerprint density at radius 3 is 2.52 bits per heavy atom. The van der Waals surface area contributed by atoms with Crippen LogP contribution in [0.4, 0.5) is 0 Å². The Hall–Kier alpha value is -2.36. The molecule has 0 unspecified atom stereocenters. The quantitative estimate of drug-likeness (QED) is 0.458. The van der Waals surface area contributed by atoms with Crippen molar-refractivity contribution in [1.82, 2.24) is 15.6 Å². The Morgan fingerprint density at radius 2 is 1.88 bits per heavy atom. The maximum absolute atomic E-state index is 4.39. The number of nitrogens with zero attached hydrogens (tertiary/aromatic N) is 2. The minimum absolute atomic E-state index is 0.591. The second-order valence-corrected chi connectivity index (χ2v) is 6.62. The van der Waals surface area contributed by atoms with E-state index in [9.17, 15) is 0 Å². The van der Waals surface area contributed by atoms with Crippen LogP contribution in [0.25, 0.3) is 0 Å². The monoisotopic (exact) mass is 338 g/mol. The molecule has 0 aliphatic heterocycles. The minimum atomic E-state index is 0.591. The number of aliphatic imine (C=N–C) groups is 1. The second-order valence-electron chi connectivity index (χ2n) is 6.62. The van der Waals surface area contributed by atoms with Crippen molar-refractivity contribution in [2.75, 3.05) is 13.6 Å². The minimum Gasteiger partial charge on any atom is -0.356 e. The lowest BCUT2D eigenvalue weighted by Gasteiger charge is -2.12. The van der Waals surface area contributed by atoms with E-state index in [0.717, 1.165) is 31.0 Å². The van der Waals surface area contributed by atoms with Crippen molar-refractivity contribution in [1.29, 1.82) is 0 Å². The number of nitrogens with one attached hydrogen (secondary N) is 2. The molecule has 0 spiro atoms. The maximum atomic E-state index is 4.39. The molecule has 0 saturated heterocycles. The molecule has 1 aromatic heterocycles. The molecule has 0 radical (unpaired) electrons. The Balaban J connectivity index is 1.71. The number of guanidine groups is 1. The van der Waals surface area contributed by atoms with Crippen LogP contribution < -0.4 is 10.6 Å². The summed E-state index contributed by atoms with van der Waals surface area (Å²) in [4.78, 5) is 8.67. The number of benzene rings is 1. The van der Waals surface area contributed by atoms with Gasteiger partial charge in [0, 0.05) is 19.8 Å². The molecule has 2 N–H and O–H groups in total. The highest BCUT2D eigenvalue weighted by Crippen LogP contribution is 2.15. The predicted molar refractivity (Wildman–Crippen MR) is 106 cm³/mol. The molecule has 0 bridgehead atoms. The summed E-state index contributed by atoms with van der Waals surface area (Å²) in [5, 5.41) is 6.69. The van der Waals surface area contributed by atoms with E-state index in [4.69, 9.17) is 0 Å². The fourth-order valence-electron chi connectivity index (χ4n) is 2.66. The highest BCUT2D eigenvalue weighted by atomic mass is 15.2. The zero-order valence-electron chi connectivity index (χ0n) is 15.8.